The zero-order valence-corrected chi connectivity index (χ0v) is 47.4. The fraction of sp³-hybridized carbons (Fsp3) is 0.274. The van der Waals surface area contributed by atoms with Crippen LogP contribution in [0.3, 0.4) is 0 Å². The molecule has 2 aliphatic rings. The average Bonchev–Trinajstić information content (AvgIpc) is 4.20. The summed E-state index contributed by atoms with van der Waals surface area (Å²) in [6, 6.07) is 54.1. The van der Waals surface area contributed by atoms with E-state index in [0.29, 0.717) is 12.8 Å². The van der Waals surface area contributed by atoms with Crippen molar-refractivity contribution in [3.8, 4) is 22.3 Å². The molecule has 8 rings (SSSR count). The first-order valence-corrected chi connectivity index (χ1v) is 30.6. The number of hydrogen-bond acceptors (Lipinski definition) is 9. The summed E-state index contributed by atoms with van der Waals surface area (Å²) in [5.41, 5.74) is 7.30. The van der Waals surface area contributed by atoms with E-state index in [2.05, 4.69) is 122 Å². The van der Waals surface area contributed by atoms with Crippen LogP contribution in [0.4, 0.5) is 13.2 Å². The first-order chi connectivity index (χ1) is 37.7. The quantitative estimate of drug-likeness (QED) is 0.0366. The standard InChI is InChI=1S/C31H32BO2P.C26H28BO3P.C4H5N.CHF3O3S/c1-23(30(31(33)34-35(2)32)22-25-8-4-3-5-9-25)20-26-12-16-28(17-13-26)29-18-14-27(15-19-29)21-24-10-6-7-11-24;1-19(25(26(29)30-31(2)27)17-20-6-4-3-5-7-20)16-21-8-12-23(13-9-21)24-14-10-22(18-28)11-15-24;1-2-4-5-3-1;2-1(3,4)8(5,6)7/h3-6,8-19,23,30H,7,20-22H2,1-2H3;3-15,19,25,28H,16-18H2,1-2H3;1,3-4H,2H2;(H,5,6,7)/p-1/t23-,30-,35?;19-,25-,31?;;/m00../s1. The Balaban J connectivity index is 0.000000238. The monoisotopic (exact) mass is 1120 g/mol. The lowest BCUT2D eigenvalue weighted by molar-refractivity contribution is -0.140. The van der Waals surface area contributed by atoms with Gasteiger partial charge in [-0.2, -0.15) is 13.2 Å². The van der Waals surface area contributed by atoms with Gasteiger partial charge in [0.05, 0.1) is 18.4 Å². The van der Waals surface area contributed by atoms with Gasteiger partial charge in [-0.05, 0) is 125 Å². The molecule has 1 aliphatic carbocycles. The molecular weight excluding hydrogens is 1060 g/mol. The molecule has 4 radical (unpaired) electrons. The van der Waals surface area contributed by atoms with Gasteiger partial charge < -0.3 is 18.7 Å². The molecule has 0 fully saturated rings. The molecule has 410 valence electrons. The Morgan fingerprint density at radius 3 is 1.25 bits per heavy atom. The summed E-state index contributed by atoms with van der Waals surface area (Å²) in [6.45, 7) is 7.78. The van der Waals surface area contributed by atoms with Crippen molar-refractivity contribution in [2.75, 3.05) is 13.3 Å². The molecule has 79 heavy (non-hydrogen) atoms. The lowest BCUT2D eigenvalue weighted by atomic mass is 9.84. The number of carbonyl (C=O) groups is 2. The lowest BCUT2D eigenvalue weighted by Gasteiger charge is -2.24. The van der Waals surface area contributed by atoms with E-state index >= 15 is 0 Å². The third-order valence-electron chi connectivity index (χ3n) is 12.9. The summed E-state index contributed by atoms with van der Waals surface area (Å²) in [4.78, 5) is 29.4. The van der Waals surface area contributed by atoms with Crippen molar-refractivity contribution < 1.29 is 49.9 Å². The summed E-state index contributed by atoms with van der Waals surface area (Å²) in [5, 5.41) is 9.21. The smallest absolute Gasteiger partial charge is 0.485 e. The summed E-state index contributed by atoms with van der Waals surface area (Å²) < 4.78 is 69.8. The molecule has 0 aromatic heterocycles. The normalized spacial score (nSPS) is 14.8. The third-order valence-corrected chi connectivity index (χ3v) is 14.4. The van der Waals surface area contributed by atoms with Crippen molar-refractivity contribution in [1.82, 2.24) is 0 Å². The van der Waals surface area contributed by atoms with E-state index < -0.39 is 31.7 Å². The van der Waals surface area contributed by atoms with E-state index in [-0.39, 0.29) is 42.2 Å². The van der Waals surface area contributed by atoms with Gasteiger partial charge in [0, 0.05) is 34.9 Å². The van der Waals surface area contributed by atoms with Crippen molar-refractivity contribution >= 4 is 59.5 Å². The van der Waals surface area contributed by atoms with Crippen LogP contribution in [0.15, 0.2) is 199 Å². The zero-order chi connectivity index (χ0) is 57.4. The summed E-state index contributed by atoms with van der Waals surface area (Å²) in [7, 11) is 3.05. The van der Waals surface area contributed by atoms with Gasteiger partial charge in [-0.1, -0.05) is 196 Å². The molecule has 1 N–H and O–H groups in total. The Labute approximate surface area is 469 Å². The minimum Gasteiger partial charge on any atom is -0.741 e. The summed E-state index contributed by atoms with van der Waals surface area (Å²) >= 11 is 0. The molecule has 0 saturated carbocycles. The van der Waals surface area contributed by atoms with Crippen molar-refractivity contribution in [3.63, 3.8) is 0 Å². The van der Waals surface area contributed by atoms with Gasteiger partial charge in [-0.15, -0.1) is 0 Å². The number of alkyl halides is 3. The molecule has 0 spiro atoms. The second-order valence-electron chi connectivity index (χ2n) is 19.3. The molecule has 0 saturated heterocycles. The minimum absolute atomic E-state index is 0.0494. The van der Waals surface area contributed by atoms with Crippen LogP contribution in [0.25, 0.3) is 22.3 Å². The Bertz CT molecular complexity index is 3040. The Morgan fingerprint density at radius 2 is 0.962 bits per heavy atom. The van der Waals surface area contributed by atoms with E-state index in [1.54, 1.807) is 19.5 Å². The number of nitrogens with zero attached hydrogens (tertiary/aromatic N) is 1. The number of aliphatic hydroxyl groups is 1. The molecule has 1 aliphatic heterocycles. The number of aliphatic hydroxyl groups excluding tert-OH is 1. The Hall–Kier alpha value is -6.20. The highest BCUT2D eigenvalue weighted by Crippen LogP contribution is 2.34. The second-order valence-corrected chi connectivity index (χ2v) is 23.2. The molecule has 17 heteroatoms. The Morgan fingerprint density at radius 1 is 0.595 bits per heavy atom. The van der Waals surface area contributed by atoms with Crippen LogP contribution in [-0.2, 0) is 67.5 Å². The highest BCUT2D eigenvalue weighted by Gasteiger charge is 2.37. The molecular formula is C62H65B2F3NO8P2S-. The maximum absolute atomic E-state index is 12.9. The van der Waals surface area contributed by atoms with Crippen LogP contribution in [0, 0.1) is 23.7 Å². The topological polar surface area (TPSA) is 142 Å². The second kappa shape index (κ2) is 32.2. The largest absolute Gasteiger partial charge is 0.741 e. The van der Waals surface area contributed by atoms with Gasteiger partial charge in [0.15, 0.2) is 25.2 Å². The van der Waals surface area contributed by atoms with Crippen LogP contribution in [0.5, 0.6) is 0 Å². The molecule has 6 aromatic rings. The Kier molecular flexibility index (Phi) is 25.9. The third kappa shape index (κ3) is 22.5. The number of aliphatic imine (C=N–C) groups is 1. The highest BCUT2D eigenvalue weighted by molar-refractivity contribution is 7.86. The average molecular weight is 1120 g/mol. The van der Waals surface area contributed by atoms with Gasteiger partial charge in [-0.25, -0.2) is 8.42 Å². The van der Waals surface area contributed by atoms with E-state index in [9.17, 15) is 27.9 Å². The van der Waals surface area contributed by atoms with E-state index in [1.165, 1.54) is 33.4 Å². The van der Waals surface area contributed by atoms with Gasteiger partial charge in [-0.3, -0.25) is 14.6 Å². The first-order valence-electron chi connectivity index (χ1n) is 25.7. The van der Waals surface area contributed by atoms with Crippen molar-refractivity contribution in [2.45, 2.75) is 70.9 Å². The van der Waals surface area contributed by atoms with Crippen molar-refractivity contribution in [2.24, 2.45) is 28.7 Å². The van der Waals surface area contributed by atoms with Crippen LogP contribution in [0.2, 0.25) is 0 Å². The van der Waals surface area contributed by atoms with Crippen LogP contribution in [-0.4, -0.2) is 70.2 Å². The lowest BCUT2D eigenvalue weighted by Crippen LogP contribution is -2.26. The van der Waals surface area contributed by atoms with Crippen molar-refractivity contribution in [1.29, 1.82) is 0 Å². The van der Waals surface area contributed by atoms with Gasteiger partial charge in [0.25, 0.3) is 0 Å². The van der Waals surface area contributed by atoms with Crippen molar-refractivity contribution in [3.05, 3.63) is 227 Å². The van der Waals surface area contributed by atoms with Gasteiger partial charge in [0.2, 0.25) is 0 Å². The van der Waals surface area contributed by atoms with E-state index in [1.807, 2.05) is 85.1 Å². The molecule has 1 heterocycles. The molecule has 2 unspecified atom stereocenters. The maximum Gasteiger partial charge on any atom is 0.485 e. The molecule has 0 amide bonds. The minimum atomic E-state index is -6.09. The number of carbonyl (C=O) groups excluding carboxylic acids is 2. The SMILES string of the molecule is C1=CN=CC1.O=S(=O)([O-])C(F)(F)F.[B]P(C)OC(=O)[C@@H](Cc1ccccc1)[C@@H](C)Cc1ccc(-c2ccc(CC3=CCC=C3)cc2)cc1.[B]P(C)OC(=O)[C@@H](Cc1ccccc1)[C@@H](C)Cc1ccc(-c2ccc(CO)cc2)cc1. The zero-order valence-electron chi connectivity index (χ0n) is 44.8. The van der Waals surface area contributed by atoms with E-state index in [4.69, 9.17) is 37.1 Å². The number of halogens is 3. The molecule has 9 nitrogen and oxygen atoms in total. The fourth-order valence-electron chi connectivity index (χ4n) is 8.68. The van der Waals surface area contributed by atoms with Crippen LogP contribution in [0.1, 0.15) is 60.1 Å². The maximum atomic E-state index is 12.9. The van der Waals surface area contributed by atoms with Gasteiger partial charge >= 0.3 is 17.4 Å². The van der Waals surface area contributed by atoms with Crippen LogP contribution < -0.4 is 0 Å². The van der Waals surface area contributed by atoms with Gasteiger partial charge in [0.1, 0.15) is 0 Å². The summed E-state index contributed by atoms with van der Waals surface area (Å²) in [6.07, 6.45) is 18.4. The predicted molar refractivity (Wildman–Crippen MR) is 316 cm³/mol. The molecule has 0 bridgehead atoms. The van der Waals surface area contributed by atoms with Crippen LogP contribution >= 0.6 is 16.1 Å². The summed E-state index contributed by atoms with van der Waals surface area (Å²) in [5.74, 6) is -0.658. The number of hydrogen-bond donors (Lipinski definition) is 1. The number of rotatable bonds is 19. The number of allylic oxidation sites excluding steroid dienone is 5. The first kappa shape index (κ1) is 63.6. The molecule has 6 atom stereocenters. The molecule has 6 aromatic carbocycles. The number of benzene rings is 6. The fourth-order valence-corrected chi connectivity index (χ4v) is 9.52. The van der Waals surface area contributed by atoms with E-state index in [0.717, 1.165) is 59.9 Å². The predicted octanol–water partition coefficient (Wildman–Crippen LogP) is 14.0. The highest BCUT2D eigenvalue weighted by atomic mass is 32.2.